The van der Waals surface area contributed by atoms with Crippen LogP contribution in [-0.2, 0) is 4.79 Å². The van der Waals surface area contributed by atoms with Crippen LogP contribution in [0.5, 0.6) is 11.5 Å². The third-order valence-electron chi connectivity index (χ3n) is 2.96. The Bertz CT molecular complexity index is 689. The van der Waals surface area contributed by atoms with Crippen LogP contribution in [0.4, 0.5) is 0 Å². The second-order valence-corrected chi connectivity index (χ2v) is 6.95. The number of phenolic OH excluding ortho intramolecular Hbond substituents is 1. The van der Waals surface area contributed by atoms with E-state index in [-0.39, 0.29) is 11.7 Å². The highest BCUT2D eigenvalue weighted by Gasteiger charge is 2.30. The molecule has 1 aliphatic heterocycles. The molecule has 1 saturated heterocycles. The first-order valence-electron chi connectivity index (χ1n) is 6.38. The number of carbonyl (C=O) groups excluding carboxylic acids is 1. The molecule has 22 heavy (non-hydrogen) atoms. The van der Waals surface area contributed by atoms with Gasteiger partial charge in [0.25, 0.3) is 5.91 Å². The molecule has 5 nitrogen and oxygen atoms in total. The number of phenols is 1. The van der Waals surface area contributed by atoms with Gasteiger partial charge in [0, 0.05) is 18.6 Å². The molecule has 1 aromatic rings. The summed E-state index contributed by atoms with van der Waals surface area (Å²) in [5.74, 6) is 0.270. The number of hydrogen-bond donors (Lipinski definition) is 1. The number of ether oxygens (including phenoxy) is 1. The fourth-order valence-corrected chi connectivity index (χ4v) is 3.63. The first-order chi connectivity index (χ1) is 10.4. The van der Waals surface area contributed by atoms with E-state index >= 15 is 0 Å². The number of carbonyl (C=O) groups is 1. The quantitative estimate of drug-likeness (QED) is 0.712. The van der Waals surface area contributed by atoms with Gasteiger partial charge in [-0.2, -0.15) is 0 Å². The van der Waals surface area contributed by atoms with Crippen LogP contribution in [0.3, 0.4) is 0 Å². The minimum atomic E-state index is -0.111. The number of amides is 1. The average Bonchev–Trinajstić information content (AvgIpc) is 2.77. The van der Waals surface area contributed by atoms with Gasteiger partial charge in [-0.05, 0) is 68.3 Å². The van der Waals surface area contributed by atoms with E-state index in [1.807, 2.05) is 6.92 Å². The molecular formula is C14H14Br2N2O3S. The highest BCUT2D eigenvalue weighted by atomic mass is 79.9. The molecule has 0 radical (unpaired) electrons. The van der Waals surface area contributed by atoms with Gasteiger partial charge >= 0.3 is 0 Å². The van der Waals surface area contributed by atoms with Crippen LogP contribution in [0.2, 0.25) is 0 Å². The van der Waals surface area contributed by atoms with Crippen LogP contribution in [0.15, 0.2) is 24.9 Å². The lowest BCUT2D eigenvalue weighted by Gasteiger charge is -2.11. The minimum Gasteiger partial charge on any atom is -0.503 e. The van der Waals surface area contributed by atoms with E-state index in [2.05, 4.69) is 36.9 Å². The standard InChI is InChI=1S/C14H14Br2N2O3S/c1-4-21-8-5-7(10(15)11(16)12(8)19)6-9-13(20)18(3)14(17-2)22-9/h5-6,19H,4H2,1-3H3/b9-6-,17-14?. The first kappa shape index (κ1) is 17.4. The molecule has 1 heterocycles. The fourth-order valence-electron chi connectivity index (χ4n) is 1.87. The molecule has 0 aromatic heterocycles. The Labute approximate surface area is 149 Å². The van der Waals surface area contributed by atoms with Gasteiger partial charge in [0.2, 0.25) is 0 Å². The largest absolute Gasteiger partial charge is 0.503 e. The Kier molecular flexibility index (Phi) is 5.57. The molecule has 2 rings (SSSR count). The number of halogens is 2. The molecular weight excluding hydrogens is 436 g/mol. The number of benzene rings is 1. The van der Waals surface area contributed by atoms with Gasteiger partial charge in [0.15, 0.2) is 16.7 Å². The van der Waals surface area contributed by atoms with E-state index in [4.69, 9.17) is 4.74 Å². The maximum Gasteiger partial charge on any atom is 0.266 e. The highest BCUT2D eigenvalue weighted by Crippen LogP contribution is 2.43. The molecule has 0 unspecified atom stereocenters. The van der Waals surface area contributed by atoms with Gasteiger partial charge in [-0.3, -0.25) is 14.7 Å². The van der Waals surface area contributed by atoms with Crippen LogP contribution in [-0.4, -0.2) is 41.8 Å². The first-order valence-corrected chi connectivity index (χ1v) is 8.79. The molecule has 1 amide bonds. The molecule has 1 fully saturated rings. The molecule has 118 valence electrons. The van der Waals surface area contributed by atoms with Crippen LogP contribution in [0.1, 0.15) is 12.5 Å². The Morgan fingerprint density at radius 3 is 2.68 bits per heavy atom. The van der Waals surface area contributed by atoms with Crippen molar-refractivity contribution in [1.82, 2.24) is 4.90 Å². The lowest BCUT2D eigenvalue weighted by molar-refractivity contribution is -0.121. The summed E-state index contributed by atoms with van der Waals surface area (Å²) in [5.41, 5.74) is 0.731. The van der Waals surface area contributed by atoms with Crippen molar-refractivity contribution in [3.05, 3.63) is 25.5 Å². The van der Waals surface area contributed by atoms with Crippen molar-refractivity contribution in [2.24, 2.45) is 4.99 Å². The van der Waals surface area contributed by atoms with Gasteiger partial charge in [0.1, 0.15) is 0 Å². The zero-order chi connectivity index (χ0) is 16.4. The lowest BCUT2D eigenvalue weighted by atomic mass is 10.2. The van der Waals surface area contributed by atoms with Gasteiger partial charge in [-0.1, -0.05) is 0 Å². The summed E-state index contributed by atoms with van der Waals surface area (Å²) < 4.78 is 6.55. The topological polar surface area (TPSA) is 62.1 Å². The van der Waals surface area contributed by atoms with Gasteiger partial charge in [-0.15, -0.1) is 0 Å². The van der Waals surface area contributed by atoms with Crippen LogP contribution in [0.25, 0.3) is 6.08 Å². The zero-order valence-corrected chi connectivity index (χ0v) is 16.2. The van der Waals surface area contributed by atoms with Gasteiger partial charge in [-0.25, -0.2) is 0 Å². The van der Waals surface area contributed by atoms with Crippen LogP contribution in [0, 0.1) is 0 Å². The molecule has 0 bridgehead atoms. The summed E-state index contributed by atoms with van der Waals surface area (Å²) in [6.07, 6.45) is 1.75. The molecule has 1 aliphatic rings. The zero-order valence-electron chi connectivity index (χ0n) is 12.2. The Morgan fingerprint density at radius 1 is 1.45 bits per heavy atom. The lowest BCUT2D eigenvalue weighted by Crippen LogP contribution is -2.23. The summed E-state index contributed by atoms with van der Waals surface area (Å²) in [4.78, 5) is 18.3. The van der Waals surface area contributed by atoms with Crippen molar-refractivity contribution in [2.45, 2.75) is 6.92 Å². The molecule has 1 N–H and O–H groups in total. The predicted octanol–water partition coefficient (Wildman–Crippen LogP) is 3.85. The smallest absolute Gasteiger partial charge is 0.266 e. The van der Waals surface area contributed by atoms with Crippen LogP contribution < -0.4 is 4.74 Å². The van der Waals surface area contributed by atoms with Crippen molar-refractivity contribution < 1.29 is 14.6 Å². The summed E-state index contributed by atoms with van der Waals surface area (Å²) in [7, 11) is 3.33. The number of rotatable bonds is 3. The van der Waals surface area contributed by atoms with E-state index in [1.54, 1.807) is 26.2 Å². The SMILES string of the molecule is CCOc1cc(/C=C2\SC(=NC)N(C)C2=O)c(Br)c(Br)c1O. The van der Waals surface area contributed by atoms with Gasteiger partial charge < -0.3 is 9.84 Å². The molecule has 0 spiro atoms. The maximum atomic E-state index is 12.2. The second kappa shape index (κ2) is 7.06. The number of nitrogens with zero attached hydrogens (tertiary/aromatic N) is 2. The number of aliphatic imine (C=N–C) groups is 1. The monoisotopic (exact) mass is 448 g/mol. The number of likely N-dealkylation sites (N-methyl/N-ethyl adjacent to an activating group) is 1. The van der Waals surface area contributed by atoms with Crippen molar-refractivity contribution in [1.29, 1.82) is 0 Å². The third kappa shape index (κ3) is 3.18. The summed E-state index contributed by atoms with van der Waals surface area (Å²) >= 11 is 8.05. The summed E-state index contributed by atoms with van der Waals surface area (Å²) in [6, 6.07) is 1.69. The number of amidine groups is 1. The van der Waals surface area contributed by atoms with Crippen molar-refractivity contribution in [3.63, 3.8) is 0 Å². The van der Waals surface area contributed by atoms with Gasteiger partial charge in [0.05, 0.1) is 16.0 Å². The van der Waals surface area contributed by atoms with E-state index in [9.17, 15) is 9.90 Å². The van der Waals surface area contributed by atoms with Crippen LogP contribution >= 0.6 is 43.6 Å². The highest BCUT2D eigenvalue weighted by molar-refractivity contribution is 9.13. The van der Waals surface area contributed by atoms with Crippen molar-refractivity contribution in [2.75, 3.05) is 20.7 Å². The predicted molar refractivity (Wildman–Crippen MR) is 96.4 cm³/mol. The molecule has 0 saturated carbocycles. The fraction of sp³-hybridized carbons (Fsp3) is 0.286. The molecule has 8 heteroatoms. The minimum absolute atomic E-state index is 0.0224. The normalized spacial score (nSPS) is 18.6. The Balaban J connectivity index is 2.50. The molecule has 0 atom stereocenters. The summed E-state index contributed by atoms with van der Waals surface area (Å²) in [5, 5.41) is 10.7. The van der Waals surface area contributed by atoms with Crippen molar-refractivity contribution >= 4 is 60.8 Å². The third-order valence-corrected chi connectivity index (χ3v) is 6.27. The number of hydrogen-bond acceptors (Lipinski definition) is 5. The Hall–Kier alpha value is -0.990. The van der Waals surface area contributed by atoms with E-state index < -0.39 is 0 Å². The summed E-state index contributed by atoms with van der Waals surface area (Å²) in [6.45, 7) is 2.27. The van der Waals surface area contributed by atoms with E-state index in [1.165, 1.54) is 16.7 Å². The van der Waals surface area contributed by atoms with Crippen molar-refractivity contribution in [3.8, 4) is 11.5 Å². The second-order valence-electron chi connectivity index (χ2n) is 4.35. The average molecular weight is 450 g/mol. The number of thioether (sulfide) groups is 1. The Morgan fingerprint density at radius 2 is 2.14 bits per heavy atom. The molecule has 0 aliphatic carbocycles. The maximum absolute atomic E-state index is 12.2. The number of aromatic hydroxyl groups is 1. The van der Waals surface area contributed by atoms with E-state index in [0.717, 1.165) is 5.56 Å². The van der Waals surface area contributed by atoms with E-state index in [0.29, 0.717) is 31.4 Å². The molecule has 1 aromatic carbocycles.